The molecule has 0 aromatic heterocycles. The van der Waals surface area contributed by atoms with Crippen LogP contribution in [0.3, 0.4) is 0 Å². The second-order valence-corrected chi connectivity index (χ2v) is 2.83. The van der Waals surface area contributed by atoms with Crippen molar-refractivity contribution in [1.82, 2.24) is 0 Å². The lowest BCUT2D eigenvalue weighted by Crippen LogP contribution is -2.04. The molecule has 0 aliphatic heterocycles. The second kappa shape index (κ2) is 3.94. The van der Waals surface area contributed by atoms with Crippen LogP contribution in [0.2, 0.25) is 0 Å². The maximum atomic E-state index is 10.5. The average Bonchev–Trinajstić information content (AvgIpc) is 2.08. The molecule has 0 radical (unpaired) electrons. The number of aryl methyl sites for hydroxylation is 1. The monoisotopic (exact) mass is 180 g/mol. The molecule has 0 atom stereocenters. The Labute approximate surface area is 77.0 Å². The Balaban J connectivity index is 3.07. The topological polar surface area (TPSA) is 46.5 Å². The summed E-state index contributed by atoms with van der Waals surface area (Å²) in [5.41, 5.74) is 1.69. The average molecular weight is 180 g/mol. The lowest BCUT2D eigenvalue weighted by atomic mass is 10.0. The van der Waals surface area contributed by atoms with Gasteiger partial charge in [-0.1, -0.05) is 12.1 Å². The van der Waals surface area contributed by atoms with Gasteiger partial charge in [0.15, 0.2) is 0 Å². The van der Waals surface area contributed by atoms with Crippen molar-refractivity contribution in [3.63, 3.8) is 0 Å². The van der Waals surface area contributed by atoms with Gasteiger partial charge in [0.05, 0.1) is 13.5 Å². The van der Waals surface area contributed by atoms with Gasteiger partial charge in [-0.25, -0.2) is 0 Å². The predicted octanol–water partition coefficient (Wildman–Crippen LogP) is 1.63. The van der Waals surface area contributed by atoms with Gasteiger partial charge in [0.25, 0.3) is 0 Å². The first kappa shape index (κ1) is 9.58. The zero-order valence-electron chi connectivity index (χ0n) is 7.70. The van der Waals surface area contributed by atoms with E-state index >= 15 is 0 Å². The zero-order chi connectivity index (χ0) is 9.84. The Morgan fingerprint density at radius 1 is 1.54 bits per heavy atom. The van der Waals surface area contributed by atoms with Crippen molar-refractivity contribution in [3.8, 4) is 5.75 Å². The SMILES string of the molecule is COc1cccc(C)c1CC(=O)O. The maximum Gasteiger partial charge on any atom is 0.307 e. The van der Waals surface area contributed by atoms with E-state index in [0.717, 1.165) is 11.1 Å². The summed E-state index contributed by atoms with van der Waals surface area (Å²) in [6.45, 7) is 1.88. The fraction of sp³-hybridized carbons (Fsp3) is 0.300. The van der Waals surface area contributed by atoms with Crippen LogP contribution in [-0.4, -0.2) is 18.2 Å². The van der Waals surface area contributed by atoms with Gasteiger partial charge < -0.3 is 9.84 Å². The number of rotatable bonds is 3. The molecule has 0 aliphatic carbocycles. The van der Waals surface area contributed by atoms with Gasteiger partial charge in [0.2, 0.25) is 0 Å². The largest absolute Gasteiger partial charge is 0.496 e. The second-order valence-electron chi connectivity index (χ2n) is 2.83. The molecule has 1 N–H and O–H groups in total. The highest BCUT2D eigenvalue weighted by molar-refractivity contribution is 5.72. The summed E-state index contributed by atoms with van der Waals surface area (Å²) in [4.78, 5) is 10.5. The van der Waals surface area contributed by atoms with Crippen LogP contribution in [0.4, 0.5) is 0 Å². The minimum Gasteiger partial charge on any atom is -0.496 e. The number of methoxy groups -OCH3 is 1. The first-order valence-corrected chi connectivity index (χ1v) is 3.99. The van der Waals surface area contributed by atoms with Crippen molar-refractivity contribution in [2.24, 2.45) is 0 Å². The number of carboxylic acids is 1. The molecule has 1 aromatic carbocycles. The van der Waals surface area contributed by atoms with Gasteiger partial charge in [0.1, 0.15) is 5.75 Å². The van der Waals surface area contributed by atoms with E-state index in [1.165, 1.54) is 0 Å². The lowest BCUT2D eigenvalue weighted by Gasteiger charge is -2.08. The van der Waals surface area contributed by atoms with Gasteiger partial charge in [-0.05, 0) is 18.6 Å². The smallest absolute Gasteiger partial charge is 0.307 e. The van der Waals surface area contributed by atoms with Crippen molar-refractivity contribution < 1.29 is 14.6 Å². The summed E-state index contributed by atoms with van der Waals surface area (Å²) in [5.74, 6) is -0.199. The molecular weight excluding hydrogens is 168 g/mol. The molecule has 0 saturated heterocycles. The number of ether oxygens (including phenoxy) is 1. The quantitative estimate of drug-likeness (QED) is 0.769. The van der Waals surface area contributed by atoms with Crippen LogP contribution in [0.25, 0.3) is 0 Å². The normalized spacial score (nSPS) is 9.69. The number of hydrogen-bond acceptors (Lipinski definition) is 2. The molecule has 0 amide bonds. The molecule has 1 aromatic rings. The number of carboxylic acid groups (broad SMARTS) is 1. The Morgan fingerprint density at radius 3 is 2.77 bits per heavy atom. The summed E-state index contributed by atoms with van der Waals surface area (Å²) in [6.07, 6.45) is 0.00977. The van der Waals surface area contributed by atoms with Crippen LogP contribution in [0.5, 0.6) is 5.75 Å². The van der Waals surface area contributed by atoms with Crippen LogP contribution in [-0.2, 0) is 11.2 Å². The van der Waals surface area contributed by atoms with Crippen molar-refractivity contribution in [2.75, 3.05) is 7.11 Å². The minimum absolute atomic E-state index is 0.00977. The molecule has 3 nitrogen and oxygen atoms in total. The van der Waals surface area contributed by atoms with Crippen LogP contribution in [0.1, 0.15) is 11.1 Å². The fourth-order valence-electron chi connectivity index (χ4n) is 1.24. The molecule has 1 rings (SSSR count). The Kier molecular flexibility index (Phi) is 2.90. The van der Waals surface area contributed by atoms with E-state index in [0.29, 0.717) is 5.75 Å². The molecular formula is C10H12O3. The molecule has 70 valence electrons. The number of carbonyl (C=O) groups is 1. The van der Waals surface area contributed by atoms with E-state index < -0.39 is 5.97 Å². The van der Waals surface area contributed by atoms with Gasteiger partial charge in [-0.2, -0.15) is 0 Å². The molecule has 0 fully saturated rings. The summed E-state index contributed by atoms with van der Waals surface area (Å²) in [7, 11) is 1.54. The Bertz CT molecular complexity index is 318. The molecule has 0 unspecified atom stereocenters. The van der Waals surface area contributed by atoms with Crippen LogP contribution >= 0.6 is 0 Å². The van der Waals surface area contributed by atoms with Gasteiger partial charge in [-0.15, -0.1) is 0 Å². The van der Waals surface area contributed by atoms with E-state index in [4.69, 9.17) is 9.84 Å². The van der Waals surface area contributed by atoms with E-state index in [-0.39, 0.29) is 6.42 Å². The van der Waals surface area contributed by atoms with E-state index in [1.807, 2.05) is 19.1 Å². The third kappa shape index (κ3) is 2.21. The summed E-state index contributed by atoms with van der Waals surface area (Å²) in [6, 6.07) is 5.49. The first-order chi connectivity index (χ1) is 6.15. The Hall–Kier alpha value is -1.51. The highest BCUT2D eigenvalue weighted by Gasteiger charge is 2.09. The lowest BCUT2D eigenvalue weighted by molar-refractivity contribution is -0.136. The standard InChI is InChI=1S/C10H12O3/c1-7-4-3-5-9(13-2)8(7)6-10(11)12/h3-5H,6H2,1-2H3,(H,11,12). The van der Waals surface area contributed by atoms with E-state index in [9.17, 15) is 4.79 Å². The van der Waals surface area contributed by atoms with Crippen molar-refractivity contribution in [1.29, 1.82) is 0 Å². The van der Waals surface area contributed by atoms with Gasteiger partial charge >= 0.3 is 5.97 Å². The van der Waals surface area contributed by atoms with Gasteiger partial charge in [0, 0.05) is 5.56 Å². The predicted molar refractivity (Wildman–Crippen MR) is 49.1 cm³/mol. The van der Waals surface area contributed by atoms with Crippen molar-refractivity contribution >= 4 is 5.97 Å². The Morgan fingerprint density at radius 2 is 2.23 bits per heavy atom. The molecule has 0 saturated carbocycles. The fourth-order valence-corrected chi connectivity index (χ4v) is 1.24. The highest BCUT2D eigenvalue weighted by Crippen LogP contribution is 2.21. The highest BCUT2D eigenvalue weighted by atomic mass is 16.5. The molecule has 0 bridgehead atoms. The third-order valence-electron chi connectivity index (χ3n) is 1.92. The van der Waals surface area contributed by atoms with Gasteiger partial charge in [-0.3, -0.25) is 4.79 Å². The number of hydrogen-bond donors (Lipinski definition) is 1. The summed E-state index contributed by atoms with van der Waals surface area (Å²) in [5, 5.41) is 8.66. The van der Waals surface area contributed by atoms with Crippen molar-refractivity contribution in [3.05, 3.63) is 29.3 Å². The molecule has 0 heterocycles. The minimum atomic E-state index is -0.840. The molecule has 0 aliphatic rings. The first-order valence-electron chi connectivity index (χ1n) is 3.99. The molecule has 0 spiro atoms. The van der Waals surface area contributed by atoms with E-state index in [1.54, 1.807) is 13.2 Å². The summed E-state index contributed by atoms with van der Waals surface area (Å²) >= 11 is 0. The summed E-state index contributed by atoms with van der Waals surface area (Å²) < 4.78 is 5.06. The van der Waals surface area contributed by atoms with Crippen LogP contribution in [0.15, 0.2) is 18.2 Å². The van der Waals surface area contributed by atoms with Crippen molar-refractivity contribution in [2.45, 2.75) is 13.3 Å². The number of aliphatic carboxylic acids is 1. The number of benzene rings is 1. The zero-order valence-corrected chi connectivity index (χ0v) is 7.70. The molecule has 3 heteroatoms. The van der Waals surface area contributed by atoms with Crippen LogP contribution in [0, 0.1) is 6.92 Å². The van der Waals surface area contributed by atoms with Crippen LogP contribution < -0.4 is 4.74 Å². The molecule has 13 heavy (non-hydrogen) atoms. The van der Waals surface area contributed by atoms with E-state index in [2.05, 4.69) is 0 Å². The third-order valence-corrected chi connectivity index (χ3v) is 1.92. The maximum absolute atomic E-state index is 10.5.